The fourth-order valence-electron chi connectivity index (χ4n) is 2.04. The highest BCUT2D eigenvalue weighted by molar-refractivity contribution is 6.01. The Hall–Kier alpha value is -2.36. The van der Waals surface area contributed by atoms with Gasteiger partial charge in [-0.1, -0.05) is 42.5 Å². The smallest absolute Gasteiger partial charge is 0.336 e. The van der Waals surface area contributed by atoms with E-state index in [9.17, 15) is 9.59 Å². The summed E-state index contributed by atoms with van der Waals surface area (Å²) in [7, 11) is 0. The second-order valence-electron chi connectivity index (χ2n) is 4.08. The van der Waals surface area contributed by atoms with E-state index in [1.54, 1.807) is 6.08 Å². The molecule has 0 radical (unpaired) electrons. The van der Waals surface area contributed by atoms with Gasteiger partial charge in [-0.2, -0.15) is 0 Å². The molecule has 1 aliphatic carbocycles. The van der Waals surface area contributed by atoms with Crippen molar-refractivity contribution in [2.24, 2.45) is 0 Å². The molecule has 2 rings (SSSR count). The van der Waals surface area contributed by atoms with E-state index in [0.717, 1.165) is 5.56 Å². The highest BCUT2D eigenvalue weighted by Gasteiger charge is 2.25. The third-order valence-electron chi connectivity index (χ3n) is 2.96. The molecule has 0 bridgehead atoms. The van der Waals surface area contributed by atoms with E-state index >= 15 is 0 Å². The van der Waals surface area contributed by atoms with Crippen molar-refractivity contribution in [3.8, 4) is 0 Å². The van der Waals surface area contributed by atoms with E-state index in [2.05, 4.69) is 0 Å². The lowest BCUT2D eigenvalue weighted by atomic mass is 9.85. The van der Waals surface area contributed by atoms with Crippen LogP contribution in [0.2, 0.25) is 0 Å². The Morgan fingerprint density at radius 1 is 1.06 bits per heavy atom. The van der Waals surface area contributed by atoms with Crippen molar-refractivity contribution in [3.05, 3.63) is 59.2 Å². The van der Waals surface area contributed by atoms with E-state index < -0.39 is 11.9 Å². The number of carbonyl (C=O) groups is 2. The highest BCUT2D eigenvalue weighted by Crippen LogP contribution is 2.31. The average Bonchev–Trinajstić information content (AvgIpc) is 2.39. The predicted octanol–water partition coefficient (Wildman–Crippen LogP) is 2.20. The molecule has 1 aromatic rings. The van der Waals surface area contributed by atoms with E-state index in [4.69, 9.17) is 10.2 Å². The quantitative estimate of drug-likeness (QED) is 0.854. The van der Waals surface area contributed by atoms with Gasteiger partial charge in [-0.05, 0) is 12.0 Å². The Kier molecular flexibility index (Phi) is 3.28. The van der Waals surface area contributed by atoms with E-state index in [0.29, 0.717) is 0 Å². The van der Waals surface area contributed by atoms with Crippen LogP contribution in [0.1, 0.15) is 17.9 Å². The molecule has 4 heteroatoms. The number of hydrogen-bond donors (Lipinski definition) is 2. The lowest BCUT2D eigenvalue weighted by Gasteiger charge is -2.19. The summed E-state index contributed by atoms with van der Waals surface area (Å²) in [6, 6.07) is 9.44. The first-order valence-corrected chi connectivity index (χ1v) is 5.52. The lowest BCUT2D eigenvalue weighted by molar-refractivity contribution is -0.135. The fraction of sp³-hybridized carbons (Fsp3) is 0.143. The van der Waals surface area contributed by atoms with Crippen LogP contribution in [0.25, 0.3) is 0 Å². The minimum atomic E-state index is -1.20. The zero-order chi connectivity index (χ0) is 13.1. The number of carboxylic acids is 2. The molecule has 0 aliphatic heterocycles. The van der Waals surface area contributed by atoms with Crippen LogP contribution in [0.3, 0.4) is 0 Å². The summed E-state index contributed by atoms with van der Waals surface area (Å²) in [4.78, 5) is 22.0. The molecule has 1 aliphatic rings. The van der Waals surface area contributed by atoms with E-state index in [-0.39, 0.29) is 23.5 Å². The zero-order valence-electron chi connectivity index (χ0n) is 9.54. The summed E-state index contributed by atoms with van der Waals surface area (Å²) >= 11 is 0. The van der Waals surface area contributed by atoms with Gasteiger partial charge in [0.1, 0.15) is 0 Å². The zero-order valence-corrected chi connectivity index (χ0v) is 9.54. The van der Waals surface area contributed by atoms with Crippen molar-refractivity contribution < 1.29 is 19.8 Å². The number of aliphatic carboxylic acids is 2. The SMILES string of the molecule is O=C(O)C1=C(C(=O)O)CC(c2ccccc2)C=C1. The van der Waals surface area contributed by atoms with Gasteiger partial charge in [-0.15, -0.1) is 0 Å². The van der Waals surface area contributed by atoms with Gasteiger partial charge in [0.2, 0.25) is 0 Å². The summed E-state index contributed by atoms with van der Waals surface area (Å²) in [6.07, 6.45) is 3.33. The maximum atomic E-state index is 11.1. The summed E-state index contributed by atoms with van der Waals surface area (Å²) in [5.41, 5.74) is 0.811. The number of carboxylic acid groups (broad SMARTS) is 2. The van der Waals surface area contributed by atoms with Crippen LogP contribution in [0.5, 0.6) is 0 Å². The standard InChI is InChI=1S/C14H12O4/c15-13(16)11-7-6-10(8-12(11)14(17)18)9-4-2-1-3-5-9/h1-7,10H,8H2,(H,15,16)(H,17,18). The Balaban J connectivity index is 2.33. The fourth-order valence-corrected chi connectivity index (χ4v) is 2.04. The van der Waals surface area contributed by atoms with Crippen LogP contribution in [-0.2, 0) is 9.59 Å². The predicted molar refractivity (Wildman–Crippen MR) is 65.2 cm³/mol. The van der Waals surface area contributed by atoms with Crippen molar-refractivity contribution in [2.45, 2.75) is 12.3 Å². The second kappa shape index (κ2) is 4.87. The molecule has 92 valence electrons. The topological polar surface area (TPSA) is 74.6 Å². The molecule has 0 saturated heterocycles. The Labute approximate surface area is 104 Å². The maximum absolute atomic E-state index is 11.1. The number of allylic oxidation sites excluding steroid dienone is 1. The average molecular weight is 244 g/mol. The monoisotopic (exact) mass is 244 g/mol. The summed E-state index contributed by atoms with van der Waals surface area (Å²) < 4.78 is 0. The van der Waals surface area contributed by atoms with Gasteiger partial charge in [0.05, 0.1) is 11.1 Å². The Morgan fingerprint density at radius 3 is 2.28 bits per heavy atom. The van der Waals surface area contributed by atoms with Crippen LogP contribution in [0.15, 0.2) is 53.6 Å². The Morgan fingerprint density at radius 2 is 1.72 bits per heavy atom. The molecule has 4 nitrogen and oxygen atoms in total. The van der Waals surface area contributed by atoms with Crippen molar-refractivity contribution in [3.63, 3.8) is 0 Å². The molecule has 1 unspecified atom stereocenters. The van der Waals surface area contributed by atoms with Crippen LogP contribution in [-0.4, -0.2) is 22.2 Å². The molecular formula is C14H12O4. The molecule has 1 atom stereocenters. The van der Waals surface area contributed by atoms with Crippen molar-refractivity contribution >= 4 is 11.9 Å². The highest BCUT2D eigenvalue weighted by atomic mass is 16.4. The molecular weight excluding hydrogens is 232 g/mol. The van der Waals surface area contributed by atoms with Crippen molar-refractivity contribution in [1.29, 1.82) is 0 Å². The maximum Gasteiger partial charge on any atom is 0.336 e. The molecule has 0 saturated carbocycles. The van der Waals surface area contributed by atoms with Crippen LogP contribution >= 0.6 is 0 Å². The molecule has 0 spiro atoms. The minimum Gasteiger partial charge on any atom is -0.478 e. The van der Waals surface area contributed by atoms with Gasteiger partial charge in [-0.3, -0.25) is 0 Å². The van der Waals surface area contributed by atoms with Crippen molar-refractivity contribution in [1.82, 2.24) is 0 Å². The lowest BCUT2D eigenvalue weighted by Crippen LogP contribution is -2.16. The van der Waals surface area contributed by atoms with Gasteiger partial charge in [0, 0.05) is 5.92 Å². The van der Waals surface area contributed by atoms with Gasteiger partial charge >= 0.3 is 11.9 Å². The van der Waals surface area contributed by atoms with E-state index in [1.807, 2.05) is 30.3 Å². The summed E-state index contributed by atoms with van der Waals surface area (Å²) in [5.74, 6) is -2.45. The third kappa shape index (κ3) is 2.32. The van der Waals surface area contributed by atoms with Crippen LogP contribution < -0.4 is 0 Å². The van der Waals surface area contributed by atoms with Gasteiger partial charge in [0.15, 0.2) is 0 Å². The van der Waals surface area contributed by atoms with E-state index in [1.165, 1.54) is 6.08 Å². The third-order valence-corrected chi connectivity index (χ3v) is 2.96. The summed E-state index contributed by atoms with van der Waals surface area (Å²) in [6.45, 7) is 0. The summed E-state index contributed by atoms with van der Waals surface area (Å²) in [5, 5.41) is 18.0. The largest absolute Gasteiger partial charge is 0.478 e. The van der Waals surface area contributed by atoms with Crippen LogP contribution in [0.4, 0.5) is 0 Å². The molecule has 1 aromatic carbocycles. The molecule has 0 amide bonds. The molecule has 0 aromatic heterocycles. The normalized spacial score (nSPS) is 18.8. The van der Waals surface area contributed by atoms with Crippen molar-refractivity contribution in [2.75, 3.05) is 0 Å². The second-order valence-corrected chi connectivity index (χ2v) is 4.08. The van der Waals surface area contributed by atoms with Crippen LogP contribution in [0, 0.1) is 0 Å². The van der Waals surface area contributed by atoms with Gasteiger partial charge < -0.3 is 10.2 Å². The minimum absolute atomic E-state index is 0.0427. The van der Waals surface area contributed by atoms with Gasteiger partial charge in [-0.25, -0.2) is 9.59 Å². The number of benzene rings is 1. The Bertz CT molecular complexity index is 540. The first-order chi connectivity index (χ1) is 8.59. The first-order valence-electron chi connectivity index (χ1n) is 5.52. The molecule has 0 heterocycles. The molecule has 2 N–H and O–H groups in total. The first kappa shape index (κ1) is 12.1. The van der Waals surface area contributed by atoms with Gasteiger partial charge in [0.25, 0.3) is 0 Å². The number of hydrogen-bond acceptors (Lipinski definition) is 2. The molecule has 0 fully saturated rings. The number of rotatable bonds is 3. The molecule has 18 heavy (non-hydrogen) atoms.